The zero-order valence-electron chi connectivity index (χ0n) is 10.6. The number of aromatic nitrogens is 2. The highest BCUT2D eigenvalue weighted by atomic mass is 16.5. The monoisotopic (exact) mass is 244 g/mol. The van der Waals surface area contributed by atoms with Gasteiger partial charge in [-0.1, -0.05) is 6.07 Å². The molecule has 4 nitrogen and oxygen atoms in total. The molecule has 1 aromatic carbocycles. The molecule has 0 atom stereocenters. The van der Waals surface area contributed by atoms with Crippen LogP contribution in [-0.4, -0.2) is 22.2 Å². The summed E-state index contributed by atoms with van der Waals surface area (Å²) in [5.74, 6) is 0.666. The van der Waals surface area contributed by atoms with Crippen molar-refractivity contribution in [2.24, 2.45) is 0 Å². The van der Waals surface area contributed by atoms with Crippen molar-refractivity contribution in [1.29, 1.82) is 0 Å². The molecular formula is C14H16N2O2. The van der Waals surface area contributed by atoms with E-state index in [9.17, 15) is 4.79 Å². The second-order valence-electron chi connectivity index (χ2n) is 4.17. The first-order chi connectivity index (χ1) is 8.66. The van der Waals surface area contributed by atoms with E-state index in [1.807, 2.05) is 31.3 Å². The molecule has 0 aliphatic carbocycles. The maximum Gasteiger partial charge on any atom is 0.163 e. The minimum absolute atomic E-state index is 0.0177. The van der Waals surface area contributed by atoms with Crippen LogP contribution in [-0.2, 0) is 6.54 Å². The lowest BCUT2D eigenvalue weighted by atomic mass is 10.1. The molecule has 4 heteroatoms. The normalized spacial score (nSPS) is 10.3. The van der Waals surface area contributed by atoms with E-state index in [1.165, 1.54) is 0 Å². The number of aryl methyl sites for hydroxylation is 1. The van der Waals surface area contributed by atoms with Gasteiger partial charge in [0.15, 0.2) is 5.78 Å². The van der Waals surface area contributed by atoms with Gasteiger partial charge in [-0.15, -0.1) is 0 Å². The molecule has 1 aromatic heterocycles. The third-order valence-electron chi connectivity index (χ3n) is 2.65. The minimum Gasteiger partial charge on any atom is -0.491 e. The van der Waals surface area contributed by atoms with Crippen LogP contribution in [0.4, 0.5) is 0 Å². The van der Waals surface area contributed by atoms with Crippen molar-refractivity contribution in [2.45, 2.75) is 20.4 Å². The van der Waals surface area contributed by atoms with Crippen LogP contribution in [0.15, 0.2) is 36.7 Å². The number of Topliss-reactive ketones (excluding diaryl/α,β-unsaturated/α-hetero) is 1. The quantitative estimate of drug-likeness (QED) is 0.759. The van der Waals surface area contributed by atoms with Crippen molar-refractivity contribution in [1.82, 2.24) is 9.78 Å². The Balaban J connectivity index is 2.03. The number of ether oxygens (including phenoxy) is 1. The molecule has 0 spiro atoms. The van der Waals surface area contributed by atoms with Gasteiger partial charge in [0.25, 0.3) is 0 Å². The molecule has 0 saturated carbocycles. The average Bonchev–Trinajstić information content (AvgIpc) is 2.82. The molecule has 0 aliphatic heterocycles. The van der Waals surface area contributed by atoms with Gasteiger partial charge < -0.3 is 4.74 Å². The van der Waals surface area contributed by atoms with Gasteiger partial charge in [-0.05, 0) is 37.6 Å². The second-order valence-corrected chi connectivity index (χ2v) is 4.17. The topological polar surface area (TPSA) is 44.1 Å². The van der Waals surface area contributed by atoms with E-state index >= 15 is 0 Å². The summed E-state index contributed by atoms with van der Waals surface area (Å²) in [6.45, 7) is 4.68. The Bertz CT molecular complexity index is 533. The summed E-state index contributed by atoms with van der Waals surface area (Å²) in [5, 5.41) is 4.09. The van der Waals surface area contributed by atoms with Crippen LogP contribution in [0.2, 0.25) is 0 Å². The molecule has 1 heterocycles. The summed E-state index contributed by atoms with van der Waals surface area (Å²) < 4.78 is 7.47. The van der Waals surface area contributed by atoms with Gasteiger partial charge in [-0.3, -0.25) is 9.48 Å². The van der Waals surface area contributed by atoms with Crippen LogP contribution >= 0.6 is 0 Å². The van der Waals surface area contributed by atoms with Crippen LogP contribution < -0.4 is 4.74 Å². The number of rotatable bonds is 5. The minimum atomic E-state index is 0.0177. The van der Waals surface area contributed by atoms with Crippen molar-refractivity contribution in [3.8, 4) is 5.75 Å². The van der Waals surface area contributed by atoms with Gasteiger partial charge in [-0.2, -0.15) is 5.10 Å². The lowest BCUT2D eigenvalue weighted by Crippen LogP contribution is -2.10. The predicted octanol–water partition coefficient (Wildman–Crippen LogP) is 2.47. The van der Waals surface area contributed by atoms with E-state index in [0.717, 1.165) is 5.56 Å². The molecule has 0 fully saturated rings. The number of carbonyl (C=O) groups excluding carboxylic acids is 1. The van der Waals surface area contributed by atoms with Crippen LogP contribution in [0.5, 0.6) is 5.75 Å². The molecule has 0 N–H and O–H groups in total. The molecule has 94 valence electrons. The summed E-state index contributed by atoms with van der Waals surface area (Å²) >= 11 is 0. The number of carbonyl (C=O) groups is 1. The molecule has 0 saturated heterocycles. The summed E-state index contributed by atoms with van der Waals surface area (Å²) in [6, 6.07) is 7.48. The van der Waals surface area contributed by atoms with Crippen LogP contribution in [0.25, 0.3) is 0 Å². The summed E-state index contributed by atoms with van der Waals surface area (Å²) in [6.07, 6.45) is 3.61. The van der Waals surface area contributed by atoms with E-state index in [-0.39, 0.29) is 5.78 Å². The summed E-state index contributed by atoms with van der Waals surface area (Å²) in [5.41, 5.74) is 1.70. The molecule has 0 bridgehead atoms. The number of hydrogen-bond donors (Lipinski definition) is 0. The maximum atomic E-state index is 11.5. The van der Waals surface area contributed by atoms with Crippen LogP contribution in [0.3, 0.4) is 0 Å². The molecule has 18 heavy (non-hydrogen) atoms. The Morgan fingerprint density at radius 3 is 2.94 bits per heavy atom. The Labute approximate surface area is 106 Å². The van der Waals surface area contributed by atoms with Crippen molar-refractivity contribution >= 4 is 5.78 Å². The van der Waals surface area contributed by atoms with E-state index in [2.05, 4.69) is 5.10 Å². The fraction of sp³-hybridized carbons (Fsp3) is 0.286. The fourth-order valence-corrected chi connectivity index (χ4v) is 1.72. The van der Waals surface area contributed by atoms with Gasteiger partial charge in [0.2, 0.25) is 0 Å². The zero-order chi connectivity index (χ0) is 13.0. The Hall–Kier alpha value is -2.10. The molecule has 0 radical (unpaired) electrons. The fourth-order valence-electron chi connectivity index (χ4n) is 1.72. The van der Waals surface area contributed by atoms with E-state index in [0.29, 0.717) is 24.5 Å². The third-order valence-corrected chi connectivity index (χ3v) is 2.65. The molecule has 0 aliphatic rings. The number of hydrogen-bond acceptors (Lipinski definition) is 3. The third kappa shape index (κ3) is 2.97. The second kappa shape index (κ2) is 5.49. The maximum absolute atomic E-state index is 11.5. The lowest BCUT2D eigenvalue weighted by molar-refractivity contribution is 0.101. The molecule has 2 rings (SSSR count). The van der Waals surface area contributed by atoms with Crippen molar-refractivity contribution in [2.75, 3.05) is 6.61 Å². The smallest absolute Gasteiger partial charge is 0.163 e. The predicted molar refractivity (Wildman–Crippen MR) is 68.9 cm³/mol. The SMILES string of the molecule is CC(=O)c1ccc(C)cc1OCCn1cccn1. The van der Waals surface area contributed by atoms with Crippen LogP contribution in [0.1, 0.15) is 22.8 Å². The van der Waals surface area contributed by atoms with Crippen molar-refractivity contribution in [3.05, 3.63) is 47.8 Å². The molecule has 0 amide bonds. The van der Waals surface area contributed by atoms with Gasteiger partial charge in [0.1, 0.15) is 12.4 Å². The molecular weight excluding hydrogens is 228 g/mol. The highest BCUT2D eigenvalue weighted by Crippen LogP contribution is 2.20. The Morgan fingerprint density at radius 2 is 2.28 bits per heavy atom. The first-order valence-electron chi connectivity index (χ1n) is 5.88. The number of nitrogens with zero attached hydrogens (tertiary/aromatic N) is 2. The van der Waals surface area contributed by atoms with Gasteiger partial charge in [0, 0.05) is 12.4 Å². The highest BCUT2D eigenvalue weighted by Gasteiger charge is 2.08. The average molecular weight is 244 g/mol. The van der Waals surface area contributed by atoms with E-state index < -0.39 is 0 Å². The largest absolute Gasteiger partial charge is 0.491 e. The standard InChI is InChI=1S/C14H16N2O2/c1-11-4-5-13(12(2)17)14(10-11)18-9-8-16-7-3-6-15-16/h3-7,10H,8-9H2,1-2H3. The number of ketones is 1. The van der Waals surface area contributed by atoms with E-state index in [4.69, 9.17) is 4.74 Å². The van der Waals surface area contributed by atoms with E-state index in [1.54, 1.807) is 23.9 Å². The first-order valence-corrected chi connectivity index (χ1v) is 5.88. The van der Waals surface area contributed by atoms with Crippen molar-refractivity contribution in [3.63, 3.8) is 0 Å². The Morgan fingerprint density at radius 1 is 1.44 bits per heavy atom. The highest BCUT2D eigenvalue weighted by molar-refractivity contribution is 5.96. The molecule has 2 aromatic rings. The number of benzene rings is 1. The van der Waals surface area contributed by atoms with Crippen LogP contribution in [0, 0.1) is 6.92 Å². The zero-order valence-corrected chi connectivity index (χ0v) is 10.6. The Kier molecular flexibility index (Phi) is 3.77. The van der Waals surface area contributed by atoms with Crippen molar-refractivity contribution < 1.29 is 9.53 Å². The lowest BCUT2D eigenvalue weighted by Gasteiger charge is -2.10. The summed E-state index contributed by atoms with van der Waals surface area (Å²) in [4.78, 5) is 11.5. The van der Waals surface area contributed by atoms with Gasteiger partial charge >= 0.3 is 0 Å². The molecule has 0 unspecified atom stereocenters. The summed E-state index contributed by atoms with van der Waals surface area (Å²) in [7, 11) is 0. The van der Waals surface area contributed by atoms with Gasteiger partial charge in [0.05, 0.1) is 12.1 Å². The van der Waals surface area contributed by atoms with Gasteiger partial charge in [-0.25, -0.2) is 0 Å². The first kappa shape index (κ1) is 12.4.